The lowest BCUT2D eigenvalue weighted by Gasteiger charge is -2.28. The van der Waals surface area contributed by atoms with Crippen molar-refractivity contribution in [2.24, 2.45) is 5.41 Å². The van der Waals surface area contributed by atoms with Gasteiger partial charge in [-0.1, -0.05) is 36.8 Å². The van der Waals surface area contributed by atoms with E-state index in [4.69, 9.17) is 9.47 Å². The minimum absolute atomic E-state index is 0.275. The van der Waals surface area contributed by atoms with Crippen molar-refractivity contribution in [3.8, 4) is 11.5 Å². The molecule has 1 saturated carbocycles. The van der Waals surface area contributed by atoms with Crippen molar-refractivity contribution < 1.29 is 14.3 Å². The Morgan fingerprint density at radius 2 is 1.88 bits per heavy atom. The van der Waals surface area contributed by atoms with E-state index >= 15 is 0 Å². The van der Waals surface area contributed by atoms with Crippen molar-refractivity contribution in [2.45, 2.75) is 31.6 Å². The highest BCUT2D eigenvalue weighted by atomic mass is 16.5. The van der Waals surface area contributed by atoms with Crippen LogP contribution in [0.4, 0.5) is 0 Å². The molecule has 2 unspecified atom stereocenters. The van der Waals surface area contributed by atoms with E-state index in [1.807, 2.05) is 24.3 Å². The number of carbonyl (C=O) groups excluding carboxylic acids is 1. The molecule has 124 valence electrons. The van der Waals surface area contributed by atoms with E-state index < -0.39 is 0 Å². The number of hydrogen-bond acceptors (Lipinski definition) is 3. The standard InChI is InChI=1S/C21H22O3/c1-23-18-10-9-14(12-19(18)24-2)13-21-11-5-8-17(21)15-6-3-4-7-16(15)20(21)22/h3-4,6-7,9-10,12,17H,5,8,11,13H2,1-2H3. The summed E-state index contributed by atoms with van der Waals surface area (Å²) in [6.45, 7) is 0. The van der Waals surface area contributed by atoms with Crippen LogP contribution in [0.5, 0.6) is 11.5 Å². The Kier molecular flexibility index (Phi) is 3.60. The van der Waals surface area contributed by atoms with E-state index in [1.165, 1.54) is 5.56 Å². The van der Waals surface area contributed by atoms with Gasteiger partial charge in [-0.2, -0.15) is 0 Å². The molecule has 0 amide bonds. The maximum absolute atomic E-state index is 13.2. The van der Waals surface area contributed by atoms with E-state index in [0.29, 0.717) is 11.7 Å². The van der Waals surface area contributed by atoms with Gasteiger partial charge in [0.1, 0.15) is 0 Å². The summed E-state index contributed by atoms with van der Waals surface area (Å²) in [7, 11) is 3.29. The predicted octanol–water partition coefficient (Wildman–Crippen LogP) is 4.40. The van der Waals surface area contributed by atoms with Crippen LogP contribution in [0.25, 0.3) is 0 Å². The molecule has 3 heteroatoms. The van der Waals surface area contributed by atoms with E-state index in [-0.39, 0.29) is 5.41 Å². The lowest BCUT2D eigenvalue weighted by Crippen LogP contribution is -2.30. The third kappa shape index (κ3) is 2.07. The fraction of sp³-hybridized carbons (Fsp3) is 0.381. The summed E-state index contributed by atoms with van der Waals surface area (Å²) in [6, 6.07) is 14.2. The van der Waals surface area contributed by atoms with Crippen LogP contribution in [0.1, 0.15) is 46.7 Å². The number of ether oxygens (including phenoxy) is 2. The van der Waals surface area contributed by atoms with E-state index in [9.17, 15) is 4.79 Å². The number of carbonyl (C=O) groups is 1. The number of methoxy groups -OCH3 is 2. The maximum atomic E-state index is 13.2. The van der Waals surface area contributed by atoms with E-state index in [0.717, 1.165) is 48.3 Å². The summed E-state index contributed by atoms with van der Waals surface area (Å²) in [5.41, 5.74) is 3.05. The fourth-order valence-electron chi connectivity index (χ4n) is 4.72. The summed E-state index contributed by atoms with van der Waals surface area (Å²) in [4.78, 5) is 13.2. The Morgan fingerprint density at radius 1 is 1.08 bits per heavy atom. The Balaban J connectivity index is 1.73. The molecule has 2 atom stereocenters. The topological polar surface area (TPSA) is 35.5 Å². The molecular weight excluding hydrogens is 300 g/mol. The average molecular weight is 322 g/mol. The molecule has 0 aliphatic heterocycles. The summed E-state index contributed by atoms with van der Waals surface area (Å²) >= 11 is 0. The largest absolute Gasteiger partial charge is 0.493 e. The van der Waals surface area contributed by atoms with Crippen LogP contribution >= 0.6 is 0 Å². The Bertz CT molecular complexity index is 795. The number of hydrogen-bond donors (Lipinski definition) is 0. The van der Waals surface area contributed by atoms with E-state index in [1.54, 1.807) is 14.2 Å². The molecule has 0 heterocycles. The van der Waals surface area contributed by atoms with Gasteiger partial charge in [0.05, 0.1) is 14.2 Å². The molecule has 3 nitrogen and oxygen atoms in total. The highest BCUT2D eigenvalue weighted by Gasteiger charge is 2.54. The Morgan fingerprint density at radius 3 is 2.67 bits per heavy atom. The summed E-state index contributed by atoms with van der Waals surface area (Å²) in [6.07, 6.45) is 3.97. The number of Topliss-reactive ketones (excluding diaryl/α,β-unsaturated/α-hetero) is 1. The molecule has 0 spiro atoms. The molecule has 0 aromatic heterocycles. The lowest BCUT2D eigenvalue weighted by molar-refractivity contribution is 0.0805. The van der Waals surface area contributed by atoms with Crippen LogP contribution in [0.2, 0.25) is 0 Å². The molecule has 24 heavy (non-hydrogen) atoms. The Hall–Kier alpha value is -2.29. The lowest BCUT2D eigenvalue weighted by atomic mass is 9.73. The van der Waals surface area contributed by atoms with Gasteiger partial charge in [0, 0.05) is 11.0 Å². The number of rotatable bonds is 4. The number of ketones is 1. The van der Waals surface area contributed by atoms with Crippen LogP contribution in [-0.2, 0) is 6.42 Å². The second kappa shape index (κ2) is 5.66. The first-order valence-corrected chi connectivity index (χ1v) is 8.54. The van der Waals surface area contributed by atoms with Gasteiger partial charge in [-0.15, -0.1) is 0 Å². The molecule has 0 N–H and O–H groups in total. The second-order valence-electron chi connectivity index (χ2n) is 6.88. The third-order valence-electron chi connectivity index (χ3n) is 5.78. The SMILES string of the molecule is COc1ccc(CC23CCCC2c2ccccc2C3=O)cc1OC. The number of fused-ring (bicyclic) bond motifs is 3. The van der Waals surface area contributed by atoms with Gasteiger partial charge in [0.2, 0.25) is 0 Å². The van der Waals surface area contributed by atoms with E-state index in [2.05, 4.69) is 18.2 Å². The van der Waals surface area contributed by atoms with Gasteiger partial charge in [-0.05, 0) is 48.4 Å². The predicted molar refractivity (Wildman–Crippen MR) is 93.0 cm³/mol. The normalized spacial score (nSPS) is 24.6. The van der Waals surface area contributed by atoms with Crippen LogP contribution in [0.15, 0.2) is 42.5 Å². The maximum Gasteiger partial charge on any atom is 0.170 e. The van der Waals surface area contributed by atoms with Crippen molar-refractivity contribution in [3.63, 3.8) is 0 Å². The van der Waals surface area contributed by atoms with Gasteiger partial charge in [-0.25, -0.2) is 0 Å². The molecule has 2 aromatic carbocycles. The average Bonchev–Trinajstić information content (AvgIpc) is 3.13. The first-order valence-electron chi connectivity index (χ1n) is 8.54. The van der Waals surface area contributed by atoms with Crippen LogP contribution in [0, 0.1) is 5.41 Å². The van der Waals surface area contributed by atoms with Crippen molar-refractivity contribution in [2.75, 3.05) is 14.2 Å². The van der Waals surface area contributed by atoms with Gasteiger partial charge >= 0.3 is 0 Å². The van der Waals surface area contributed by atoms with Crippen LogP contribution in [-0.4, -0.2) is 20.0 Å². The number of benzene rings is 2. The zero-order valence-electron chi connectivity index (χ0n) is 14.2. The van der Waals surface area contributed by atoms with Crippen LogP contribution < -0.4 is 9.47 Å². The van der Waals surface area contributed by atoms with Gasteiger partial charge in [-0.3, -0.25) is 4.79 Å². The summed E-state index contributed by atoms with van der Waals surface area (Å²) in [5.74, 6) is 2.14. The monoisotopic (exact) mass is 322 g/mol. The molecule has 2 aromatic rings. The van der Waals surface area contributed by atoms with Crippen molar-refractivity contribution in [1.82, 2.24) is 0 Å². The summed E-state index contributed by atoms with van der Waals surface area (Å²) < 4.78 is 10.8. The van der Waals surface area contributed by atoms with Crippen LogP contribution in [0.3, 0.4) is 0 Å². The van der Waals surface area contributed by atoms with Crippen molar-refractivity contribution >= 4 is 5.78 Å². The molecule has 0 radical (unpaired) electrons. The minimum atomic E-state index is -0.275. The van der Waals surface area contributed by atoms with Crippen molar-refractivity contribution in [1.29, 1.82) is 0 Å². The zero-order valence-corrected chi connectivity index (χ0v) is 14.2. The highest BCUT2D eigenvalue weighted by molar-refractivity contribution is 6.06. The fourth-order valence-corrected chi connectivity index (χ4v) is 4.72. The van der Waals surface area contributed by atoms with Crippen molar-refractivity contribution in [3.05, 3.63) is 59.2 Å². The smallest absolute Gasteiger partial charge is 0.170 e. The van der Waals surface area contributed by atoms with Gasteiger partial charge in [0.15, 0.2) is 17.3 Å². The summed E-state index contributed by atoms with van der Waals surface area (Å²) in [5, 5.41) is 0. The third-order valence-corrected chi connectivity index (χ3v) is 5.78. The second-order valence-corrected chi connectivity index (χ2v) is 6.88. The van der Waals surface area contributed by atoms with Gasteiger partial charge in [0.25, 0.3) is 0 Å². The quantitative estimate of drug-likeness (QED) is 0.837. The Labute approximate surface area is 142 Å². The first kappa shape index (κ1) is 15.3. The molecule has 2 aliphatic carbocycles. The first-order chi connectivity index (χ1) is 11.7. The van der Waals surface area contributed by atoms with Gasteiger partial charge < -0.3 is 9.47 Å². The molecule has 2 aliphatic rings. The highest BCUT2D eigenvalue weighted by Crippen LogP contribution is 2.58. The molecular formula is C21H22O3. The molecule has 0 saturated heterocycles. The molecule has 4 rings (SSSR count). The zero-order chi connectivity index (χ0) is 16.7. The molecule has 0 bridgehead atoms. The minimum Gasteiger partial charge on any atom is -0.493 e. The molecule has 1 fully saturated rings.